The predicted octanol–water partition coefficient (Wildman–Crippen LogP) is 14.6. The van der Waals surface area contributed by atoms with Crippen LogP contribution in [-0.4, -0.2) is 9.97 Å². The molecule has 0 spiro atoms. The Labute approximate surface area is 340 Å². The van der Waals surface area contributed by atoms with Gasteiger partial charge in [-0.1, -0.05) is 185 Å². The number of nitrogens with zero attached hydrogens (tertiary/aromatic N) is 2. The Morgan fingerprint density at radius 1 is 0.310 bits per heavy atom. The molecule has 0 radical (unpaired) electrons. The molecule has 276 valence electrons. The van der Waals surface area contributed by atoms with Crippen LogP contribution in [0.3, 0.4) is 0 Å². The Bertz CT molecular complexity index is 3100. The fourth-order valence-electron chi connectivity index (χ4n) is 9.83. The molecule has 0 unspecified atom stereocenters. The first-order valence-corrected chi connectivity index (χ1v) is 20.3. The van der Waals surface area contributed by atoms with Gasteiger partial charge < -0.3 is 0 Å². The third-order valence-electron chi connectivity index (χ3n) is 12.9. The van der Waals surface area contributed by atoms with E-state index in [4.69, 9.17) is 9.97 Å². The Morgan fingerprint density at radius 3 is 1.62 bits per heavy atom. The molecule has 2 heteroatoms. The molecule has 11 rings (SSSR count). The van der Waals surface area contributed by atoms with Crippen molar-refractivity contribution in [2.75, 3.05) is 0 Å². The van der Waals surface area contributed by atoms with Crippen LogP contribution in [-0.2, 0) is 10.8 Å². The van der Waals surface area contributed by atoms with Gasteiger partial charge in [-0.2, -0.15) is 0 Å². The van der Waals surface area contributed by atoms with Gasteiger partial charge in [-0.25, -0.2) is 9.97 Å². The zero-order valence-electron chi connectivity index (χ0n) is 33.2. The summed E-state index contributed by atoms with van der Waals surface area (Å²) in [6.45, 7) is 9.38. The van der Waals surface area contributed by atoms with E-state index in [9.17, 15) is 0 Å². The molecule has 0 bridgehead atoms. The van der Waals surface area contributed by atoms with Crippen molar-refractivity contribution < 1.29 is 0 Å². The highest BCUT2D eigenvalue weighted by Crippen LogP contribution is 2.54. The Hall–Kier alpha value is -6.90. The summed E-state index contributed by atoms with van der Waals surface area (Å²) >= 11 is 0. The maximum Gasteiger partial charge on any atom is 0.160 e. The van der Waals surface area contributed by atoms with Crippen molar-refractivity contribution in [2.24, 2.45) is 0 Å². The average molecular weight is 743 g/mol. The van der Waals surface area contributed by atoms with Gasteiger partial charge in [0.05, 0.1) is 11.4 Å². The van der Waals surface area contributed by atoms with E-state index >= 15 is 0 Å². The van der Waals surface area contributed by atoms with Gasteiger partial charge >= 0.3 is 0 Å². The zero-order chi connectivity index (χ0) is 39.2. The summed E-state index contributed by atoms with van der Waals surface area (Å²) in [7, 11) is 0. The number of hydrogen-bond acceptors (Lipinski definition) is 2. The molecule has 2 aliphatic rings. The molecule has 0 fully saturated rings. The maximum absolute atomic E-state index is 5.30. The SMILES string of the molecule is CC1(C)c2ccccc2-c2c(-c3cccc(-c4ccc(-c5cc(-c6cccc7c6-c6cc8ccccc8cc6C7(C)C)nc(-c6ccccc6)n5)cc4)c3)cccc21. The molecule has 0 N–H and O–H groups in total. The second-order valence-corrected chi connectivity index (χ2v) is 17.0. The molecule has 1 heterocycles. The van der Waals surface area contributed by atoms with Crippen molar-refractivity contribution >= 4 is 10.8 Å². The van der Waals surface area contributed by atoms with Crippen LogP contribution in [0.4, 0.5) is 0 Å². The van der Waals surface area contributed by atoms with Crippen LogP contribution in [0.25, 0.3) is 89.2 Å². The van der Waals surface area contributed by atoms with Crippen LogP contribution < -0.4 is 0 Å². The first kappa shape index (κ1) is 34.4. The highest BCUT2D eigenvalue weighted by Gasteiger charge is 2.38. The quantitative estimate of drug-likeness (QED) is 0.175. The highest BCUT2D eigenvalue weighted by atomic mass is 14.9. The monoisotopic (exact) mass is 742 g/mol. The van der Waals surface area contributed by atoms with Crippen molar-refractivity contribution in [2.45, 2.75) is 38.5 Å². The summed E-state index contributed by atoms with van der Waals surface area (Å²) < 4.78 is 0. The molecule has 0 atom stereocenters. The van der Waals surface area contributed by atoms with E-state index < -0.39 is 0 Å². The van der Waals surface area contributed by atoms with Crippen molar-refractivity contribution in [3.63, 3.8) is 0 Å². The van der Waals surface area contributed by atoms with Crippen LogP contribution in [0.2, 0.25) is 0 Å². The van der Waals surface area contributed by atoms with Crippen molar-refractivity contribution in [3.8, 4) is 78.4 Å². The third kappa shape index (κ3) is 5.25. The number of benzene rings is 8. The fraction of sp³-hybridized carbons (Fsp3) is 0.107. The molecular weight excluding hydrogens is 701 g/mol. The lowest BCUT2D eigenvalue weighted by Crippen LogP contribution is -2.14. The van der Waals surface area contributed by atoms with Gasteiger partial charge in [0.1, 0.15) is 0 Å². The van der Waals surface area contributed by atoms with E-state index in [0.717, 1.165) is 33.9 Å². The summed E-state index contributed by atoms with van der Waals surface area (Å²) in [4.78, 5) is 10.5. The second kappa shape index (κ2) is 12.8. The summed E-state index contributed by atoms with van der Waals surface area (Å²) in [6.07, 6.45) is 0. The van der Waals surface area contributed by atoms with Crippen LogP contribution in [0.15, 0.2) is 182 Å². The zero-order valence-corrected chi connectivity index (χ0v) is 33.2. The van der Waals surface area contributed by atoms with E-state index in [1.54, 1.807) is 0 Å². The van der Waals surface area contributed by atoms with Crippen molar-refractivity contribution in [1.82, 2.24) is 9.97 Å². The van der Waals surface area contributed by atoms with Gasteiger partial charge in [-0.05, 0) is 102 Å². The summed E-state index contributed by atoms with van der Waals surface area (Å²) in [5.74, 6) is 0.721. The summed E-state index contributed by atoms with van der Waals surface area (Å²) in [5, 5.41) is 2.52. The van der Waals surface area contributed by atoms with E-state index in [1.807, 2.05) is 6.07 Å². The van der Waals surface area contributed by atoms with E-state index in [-0.39, 0.29) is 10.8 Å². The topological polar surface area (TPSA) is 25.8 Å². The smallest absolute Gasteiger partial charge is 0.160 e. The summed E-state index contributed by atoms with van der Waals surface area (Å²) in [5.41, 5.74) is 20.4. The molecule has 9 aromatic rings. The largest absolute Gasteiger partial charge is 0.228 e. The Kier molecular flexibility index (Phi) is 7.59. The minimum Gasteiger partial charge on any atom is -0.228 e. The second-order valence-electron chi connectivity index (χ2n) is 17.0. The van der Waals surface area contributed by atoms with Crippen molar-refractivity contribution in [1.29, 1.82) is 0 Å². The standard InChI is InChI=1S/C56H42N2/c1-55(2)46-24-11-10-21-43(46)52-42(22-13-25-47(52)55)41-20-12-19-38(31-41)35-27-29-36(30-28-35)50-34-51(58-54(57-50)37-15-6-5-7-16-37)44-23-14-26-48-53(44)45-32-39-17-8-9-18-40(39)33-49(45)56(48,3)4/h5-34H,1-4H3. The molecule has 0 aliphatic heterocycles. The molecule has 2 aliphatic carbocycles. The number of hydrogen-bond donors (Lipinski definition) is 0. The van der Waals surface area contributed by atoms with Gasteiger partial charge in [0.25, 0.3) is 0 Å². The Morgan fingerprint density at radius 2 is 0.845 bits per heavy atom. The molecule has 2 nitrogen and oxygen atoms in total. The van der Waals surface area contributed by atoms with Gasteiger partial charge in [0.15, 0.2) is 5.82 Å². The first-order chi connectivity index (χ1) is 28.3. The van der Waals surface area contributed by atoms with Gasteiger partial charge in [0.2, 0.25) is 0 Å². The maximum atomic E-state index is 5.30. The lowest BCUT2D eigenvalue weighted by atomic mass is 9.81. The minimum atomic E-state index is -0.141. The van der Waals surface area contributed by atoms with Crippen molar-refractivity contribution in [3.05, 3.63) is 204 Å². The number of fused-ring (bicyclic) bond motifs is 7. The molecule has 0 saturated carbocycles. The van der Waals surface area contributed by atoms with Gasteiger partial charge in [0, 0.05) is 27.5 Å². The lowest BCUT2D eigenvalue weighted by Gasteiger charge is -2.22. The summed E-state index contributed by atoms with van der Waals surface area (Å²) in [6, 6.07) is 66.3. The van der Waals surface area contributed by atoms with Crippen LogP contribution in [0.5, 0.6) is 0 Å². The predicted molar refractivity (Wildman–Crippen MR) is 242 cm³/mol. The Balaban J connectivity index is 1.01. The number of rotatable bonds is 5. The molecule has 1 aromatic heterocycles. The minimum absolute atomic E-state index is 0.0346. The molecule has 58 heavy (non-hydrogen) atoms. The molecule has 0 saturated heterocycles. The third-order valence-corrected chi connectivity index (χ3v) is 12.9. The average Bonchev–Trinajstić information content (AvgIpc) is 3.65. The normalized spacial score (nSPS) is 14.1. The molecule has 0 amide bonds. The highest BCUT2D eigenvalue weighted by molar-refractivity contribution is 5.99. The van der Waals surface area contributed by atoms with Crippen LogP contribution in [0, 0.1) is 0 Å². The van der Waals surface area contributed by atoms with E-state index in [2.05, 4.69) is 204 Å². The van der Waals surface area contributed by atoms with Crippen LogP contribution >= 0.6 is 0 Å². The number of aromatic nitrogens is 2. The lowest BCUT2D eigenvalue weighted by molar-refractivity contribution is 0.660. The molecular formula is C56H42N2. The first-order valence-electron chi connectivity index (χ1n) is 20.3. The van der Waals surface area contributed by atoms with E-state index in [0.29, 0.717) is 0 Å². The molecule has 8 aromatic carbocycles. The van der Waals surface area contributed by atoms with E-state index in [1.165, 1.54) is 77.5 Å². The van der Waals surface area contributed by atoms with Gasteiger partial charge in [-0.3, -0.25) is 0 Å². The van der Waals surface area contributed by atoms with Crippen LogP contribution in [0.1, 0.15) is 49.9 Å². The fourth-order valence-corrected chi connectivity index (χ4v) is 9.83. The van der Waals surface area contributed by atoms with Gasteiger partial charge in [-0.15, -0.1) is 0 Å².